The lowest BCUT2D eigenvalue weighted by Crippen LogP contribution is -2.22. The largest absolute Gasteiger partial charge is 0.466 e. The van der Waals surface area contributed by atoms with Crippen LogP contribution < -0.4 is 0 Å². The number of hydrogen-bond donors (Lipinski definition) is 0. The van der Waals surface area contributed by atoms with Gasteiger partial charge in [-0.05, 0) is 19.3 Å². The summed E-state index contributed by atoms with van der Waals surface area (Å²) in [5.74, 6) is -0.347. The van der Waals surface area contributed by atoms with E-state index in [-0.39, 0.29) is 12.3 Å². The highest BCUT2D eigenvalue weighted by Gasteiger charge is 2.16. The maximum absolute atomic E-state index is 11.0. The van der Waals surface area contributed by atoms with E-state index in [1.807, 2.05) is 18.2 Å². The lowest BCUT2D eigenvalue weighted by molar-refractivity contribution is -0.155. The molecular formula is C19H30O4Si. The molecule has 1 unspecified atom stereocenters. The summed E-state index contributed by atoms with van der Waals surface area (Å²) in [6.45, 7) is 8.22. The smallest absolute Gasteiger partial charge is 0.330 e. The van der Waals surface area contributed by atoms with Gasteiger partial charge in [-0.15, -0.1) is 0 Å². The summed E-state index contributed by atoms with van der Waals surface area (Å²) >= 11 is 0. The first-order valence-electron chi connectivity index (χ1n) is 8.46. The third-order valence-corrected chi connectivity index (χ3v) is 5.68. The molecule has 134 valence electrons. The van der Waals surface area contributed by atoms with E-state index in [9.17, 15) is 4.79 Å². The molecule has 1 aliphatic rings. The molecule has 1 saturated heterocycles. The van der Waals surface area contributed by atoms with Crippen molar-refractivity contribution in [3.05, 3.63) is 47.7 Å². The zero-order chi connectivity index (χ0) is 17.8. The SMILES string of the molecule is COC(=O)/C=C/C=C/C(=C/C=C/COC1CCCCO1)[Si](C)(C)C. The lowest BCUT2D eigenvalue weighted by atomic mass is 10.2. The van der Waals surface area contributed by atoms with Crippen LogP contribution >= 0.6 is 0 Å². The molecule has 1 aliphatic heterocycles. The van der Waals surface area contributed by atoms with Crippen LogP contribution in [0.3, 0.4) is 0 Å². The van der Waals surface area contributed by atoms with Crippen LogP contribution in [0.25, 0.3) is 0 Å². The molecular weight excluding hydrogens is 320 g/mol. The first-order chi connectivity index (χ1) is 11.4. The van der Waals surface area contributed by atoms with Crippen LogP contribution in [-0.2, 0) is 19.0 Å². The van der Waals surface area contributed by atoms with Crippen LogP contribution in [-0.4, -0.2) is 40.7 Å². The van der Waals surface area contributed by atoms with Gasteiger partial charge in [-0.3, -0.25) is 0 Å². The normalized spacial score (nSPS) is 20.3. The van der Waals surface area contributed by atoms with Crippen molar-refractivity contribution in [1.29, 1.82) is 0 Å². The molecule has 0 radical (unpaired) electrons. The predicted molar refractivity (Wildman–Crippen MR) is 100 cm³/mol. The summed E-state index contributed by atoms with van der Waals surface area (Å²) in [7, 11) is -0.0870. The minimum absolute atomic E-state index is 0.0489. The zero-order valence-electron chi connectivity index (χ0n) is 15.3. The van der Waals surface area contributed by atoms with Crippen molar-refractivity contribution in [2.45, 2.75) is 45.2 Å². The van der Waals surface area contributed by atoms with Gasteiger partial charge in [0.2, 0.25) is 0 Å². The highest BCUT2D eigenvalue weighted by molar-refractivity contribution is 6.83. The Balaban J connectivity index is 2.52. The Morgan fingerprint density at radius 3 is 2.54 bits per heavy atom. The summed E-state index contributed by atoms with van der Waals surface area (Å²) in [6.07, 6.45) is 16.5. The zero-order valence-corrected chi connectivity index (χ0v) is 16.3. The summed E-state index contributed by atoms with van der Waals surface area (Å²) in [5, 5.41) is 1.29. The van der Waals surface area contributed by atoms with Crippen LogP contribution in [0.15, 0.2) is 47.7 Å². The van der Waals surface area contributed by atoms with Crippen LogP contribution in [0, 0.1) is 0 Å². The van der Waals surface area contributed by atoms with E-state index in [1.54, 1.807) is 6.08 Å². The number of esters is 1. The fourth-order valence-electron chi connectivity index (χ4n) is 2.15. The molecule has 1 rings (SSSR count). The van der Waals surface area contributed by atoms with Crippen molar-refractivity contribution < 1.29 is 19.0 Å². The van der Waals surface area contributed by atoms with E-state index >= 15 is 0 Å². The van der Waals surface area contributed by atoms with E-state index in [0.717, 1.165) is 19.4 Å². The molecule has 24 heavy (non-hydrogen) atoms. The summed E-state index contributed by atoms with van der Waals surface area (Å²) < 4.78 is 15.8. The summed E-state index contributed by atoms with van der Waals surface area (Å²) in [5.41, 5.74) is 0. The van der Waals surface area contributed by atoms with Gasteiger partial charge in [0.15, 0.2) is 6.29 Å². The lowest BCUT2D eigenvalue weighted by Gasteiger charge is -2.21. The third kappa shape index (κ3) is 9.01. The number of carbonyl (C=O) groups is 1. The minimum Gasteiger partial charge on any atom is -0.466 e. The summed E-state index contributed by atoms with van der Waals surface area (Å²) in [6, 6.07) is 0. The molecule has 1 heterocycles. The van der Waals surface area contributed by atoms with E-state index in [4.69, 9.17) is 9.47 Å². The molecule has 0 amide bonds. The molecule has 0 aromatic rings. The fraction of sp³-hybridized carbons (Fsp3) is 0.526. The van der Waals surface area contributed by atoms with Gasteiger partial charge in [0, 0.05) is 12.7 Å². The van der Waals surface area contributed by atoms with Gasteiger partial charge in [-0.25, -0.2) is 4.79 Å². The molecule has 0 spiro atoms. The standard InChI is InChI=1S/C19H30O4Si/c1-21-18(20)13-6-5-11-17(24(2,3)4)12-7-9-15-22-19-14-8-10-16-23-19/h5-7,9,11-13,19H,8,10,14-16H2,1-4H3/b9-7+,11-5+,13-6+,17-12-. The van der Waals surface area contributed by atoms with Crippen molar-refractivity contribution in [3.63, 3.8) is 0 Å². The Kier molecular flexibility index (Phi) is 9.60. The second kappa shape index (κ2) is 11.2. The van der Waals surface area contributed by atoms with Crippen LogP contribution in [0.5, 0.6) is 0 Å². The molecule has 1 atom stereocenters. The quantitative estimate of drug-likeness (QED) is 0.285. The topological polar surface area (TPSA) is 44.8 Å². The number of hydrogen-bond acceptors (Lipinski definition) is 4. The van der Waals surface area contributed by atoms with E-state index in [0.29, 0.717) is 6.61 Å². The second-order valence-electron chi connectivity index (χ2n) is 6.67. The molecule has 0 N–H and O–H groups in total. The first-order valence-corrected chi connectivity index (χ1v) is 12.0. The average molecular weight is 351 g/mol. The Bertz CT molecular complexity index is 492. The van der Waals surface area contributed by atoms with Gasteiger partial charge in [0.05, 0.1) is 21.8 Å². The first kappa shape index (κ1) is 20.6. The molecule has 0 saturated carbocycles. The Morgan fingerprint density at radius 2 is 1.92 bits per heavy atom. The number of carbonyl (C=O) groups excluding carboxylic acids is 1. The van der Waals surface area contributed by atoms with Crippen molar-refractivity contribution in [2.24, 2.45) is 0 Å². The monoisotopic (exact) mass is 350 g/mol. The number of ether oxygens (including phenoxy) is 3. The number of allylic oxidation sites excluding steroid dienone is 6. The maximum atomic E-state index is 11.0. The Labute approximate surface area is 146 Å². The van der Waals surface area contributed by atoms with Crippen molar-refractivity contribution in [3.8, 4) is 0 Å². The minimum atomic E-state index is -1.46. The number of methoxy groups -OCH3 is 1. The Hall–Kier alpha value is -1.43. The van der Waals surface area contributed by atoms with Gasteiger partial charge < -0.3 is 14.2 Å². The van der Waals surface area contributed by atoms with E-state index < -0.39 is 8.07 Å². The van der Waals surface area contributed by atoms with E-state index in [2.05, 4.69) is 36.5 Å². The van der Waals surface area contributed by atoms with Gasteiger partial charge >= 0.3 is 5.97 Å². The van der Waals surface area contributed by atoms with Crippen LogP contribution in [0.1, 0.15) is 19.3 Å². The maximum Gasteiger partial charge on any atom is 0.330 e. The Morgan fingerprint density at radius 1 is 1.17 bits per heavy atom. The van der Waals surface area contributed by atoms with Crippen LogP contribution in [0.2, 0.25) is 19.6 Å². The van der Waals surface area contributed by atoms with E-state index in [1.165, 1.54) is 24.8 Å². The van der Waals surface area contributed by atoms with Crippen molar-refractivity contribution in [1.82, 2.24) is 0 Å². The average Bonchev–Trinajstić information content (AvgIpc) is 2.56. The van der Waals surface area contributed by atoms with Gasteiger partial charge in [-0.2, -0.15) is 0 Å². The molecule has 0 aliphatic carbocycles. The van der Waals surface area contributed by atoms with Crippen molar-refractivity contribution in [2.75, 3.05) is 20.3 Å². The second-order valence-corrected chi connectivity index (χ2v) is 11.7. The predicted octanol–water partition coefficient (Wildman–Crippen LogP) is 4.18. The third-order valence-electron chi connectivity index (χ3n) is 3.61. The summed E-state index contributed by atoms with van der Waals surface area (Å²) in [4.78, 5) is 11.0. The molecule has 4 nitrogen and oxygen atoms in total. The highest BCUT2D eigenvalue weighted by Crippen LogP contribution is 2.16. The molecule has 0 aromatic heterocycles. The molecule has 0 bridgehead atoms. The van der Waals surface area contributed by atoms with Gasteiger partial charge in [-0.1, -0.05) is 61.3 Å². The van der Waals surface area contributed by atoms with Crippen LogP contribution in [0.4, 0.5) is 0 Å². The fourth-order valence-corrected chi connectivity index (χ4v) is 3.34. The van der Waals surface area contributed by atoms with Gasteiger partial charge in [0.25, 0.3) is 0 Å². The highest BCUT2D eigenvalue weighted by atomic mass is 28.3. The molecule has 1 fully saturated rings. The number of rotatable bonds is 8. The molecule has 5 heteroatoms. The van der Waals surface area contributed by atoms with Gasteiger partial charge in [0.1, 0.15) is 0 Å². The molecule has 0 aromatic carbocycles. The van der Waals surface area contributed by atoms with Crippen molar-refractivity contribution >= 4 is 14.0 Å².